The van der Waals surface area contributed by atoms with Crippen molar-refractivity contribution in [2.75, 3.05) is 0 Å². The highest BCUT2D eigenvalue weighted by atomic mass is 16.5. The molecular formula is C9H9BO3. The molecule has 66 valence electrons. The van der Waals surface area contributed by atoms with Crippen LogP contribution in [0.2, 0.25) is 0 Å². The Balaban J connectivity index is 2.91. The van der Waals surface area contributed by atoms with E-state index in [-0.39, 0.29) is 17.3 Å². The number of hydrogen-bond donors (Lipinski definition) is 1. The Morgan fingerprint density at radius 2 is 2.46 bits per heavy atom. The minimum Gasteiger partial charge on any atom is -0.480 e. The van der Waals surface area contributed by atoms with Crippen LogP contribution in [0.4, 0.5) is 0 Å². The second kappa shape index (κ2) is 3.98. The van der Waals surface area contributed by atoms with Crippen molar-refractivity contribution in [1.29, 1.82) is 0 Å². The molecule has 1 aromatic rings. The molecule has 0 saturated heterocycles. The van der Waals surface area contributed by atoms with Crippen molar-refractivity contribution in [3.63, 3.8) is 0 Å². The Kier molecular flexibility index (Phi) is 2.50. The molecule has 3 nitrogen and oxygen atoms in total. The number of benzene rings is 1. The quantitative estimate of drug-likeness (QED) is 0.676. The average molecular weight is 177 g/mol. The number of aliphatic carboxylic acids is 1. The van der Waals surface area contributed by atoms with Crippen LogP contribution >= 0.6 is 0 Å². The summed E-state index contributed by atoms with van der Waals surface area (Å²) in [5.74, 6) is -0.977. The van der Waals surface area contributed by atoms with Crippen molar-refractivity contribution in [3.8, 4) is 5.75 Å². The minimum atomic E-state index is -1.09. The Hall–Kier alpha value is -1.45. The van der Waals surface area contributed by atoms with Crippen molar-refractivity contribution in [1.82, 2.24) is 0 Å². The zero-order chi connectivity index (χ0) is 10.7. The van der Waals surface area contributed by atoms with E-state index >= 15 is 0 Å². The first-order valence-electron chi connectivity index (χ1n) is 4.27. The van der Waals surface area contributed by atoms with E-state index in [1.54, 1.807) is 12.1 Å². The summed E-state index contributed by atoms with van der Waals surface area (Å²) in [7, 11) is 5.53. The lowest BCUT2D eigenvalue weighted by Crippen LogP contribution is -2.25. The lowest BCUT2D eigenvalue weighted by Gasteiger charge is -2.12. The van der Waals surface area contributed by atoms with E-state index in [1.807, 2.05) is 0 Å². The molecule has 0 aliphatic carbocycles. The summed E-state index contributed by atoms with van der Waals surface area (Å²) in [6.45, 7) is 1.38. The number of ether oxygens (including phenoxy) is 1. The molecule has 0 bridgehead atoms. The Morgan fingerprint density at radius 3 is 3.00 bits per heavy atom. The van der Waals surface area contributed by atoms with Crippen LogP contribution in [0.3, 0.4) is 0 Å². The summed E-state index contributed by atoms with van der Waals surface area (Å²) in [6, 6.07) is 4.73. The van der Waals surface area contributed by atoms with Gasteiger partial charge in [0.25, 0.3) is 0 Å². The summed E-state index contributed by atoms with van der Waals surface area (Å²) in [5.41, 5.74) is 0.269. The van der Waals surface area contributed by atoms with Crippen molar-refractivity contribution < 1.29 is 16.0 Å². The lowest BCUT2D eigenvalue weighted by atomic mass is 9.95. The summed E-state index contributed by atoms with van der Waals surface area (Å²) >= 11 is 0. The fourth-order valence-corrected chi connectivity index (χ4v) is 0.764. The summed E-state index contributed by atoms with van der Waals surface area (Å²) in [6.07, 6.45) is -1.01. The summed E-state index contributed by atoms with van der Waals surface area (Å²) < 4.78 is 12.5. The number of carbonyl (C=O) groups is 1. The first-order chi connectivity index (χ1) is 6.52. The third kappa shape index (κ3) is 2.51. The van der Waals surface area contributed by atoms with E-state index in [2.05, 4.69) is 0 Å². The first kappa shape index (κ1) is 8.17. The topological polar surface area (TPSA) is 46.5 Å². The van der Waals surface area contributed by atoms with Gasteiger partial charge in [0.2, 0.25) is 0 Å². The van der Waals surface area contributed by atoms with Crippen molar-refractivity contribution in [2.45, 2.75) is 13.0 Å². The highest BCUT2D eigenvalue weighted by molar-refractivity contribution is 6.34. The van der Waals surface area contributed by atoms with E-state index in [9.17, 15) is 4.79 Å². The summed E-state index contributed by atoms with van der Waals surface area (Å²) in [5, 5.41) is 8.60. The smallest absolute Gasteiger partial charge is 0.344 e. The van der Waals surface area contributed by atoms with E-state index in [1.165, 1.54) is 13.0 Å². The lowest BCUT2D eigenvalue weighted by molar-refractivity contribution is -0.144. The molecule has 2 radical (unpaired) electrons. The number of para-hydroxylation sites is 1. The van der Waals surface area contributed by atoms with Gasteiger partial charge in [-0.05, 0) is 13.0 Å². The molecule has 1 unspecified atom stereocenters. The van der Waals surface area contributed by atoms with Crippen molar-refractivity contribution in [2.24, 2.45) is 0 Å². The van der Waals surface area contributed by atoms with Gasteiger partial charge in [-0.1, -0.05) is 23.7 Å². The highest BCUT2D eigenvalue weighted by Crippen LogP contribution is 2.07. The molecule has 0 amide bonds. The normalized spacial score (nSPS) is 13.2. The second-order valence-corrected chi connectivity index (χ2v) is 2.55. The minimum absolute atomic E-state index is 0.0816. The van der Waals surface area contributed by atoms with Gasteiger partial charge in [-0.15, -0.1) is 0 Å². The van der Waals surface area contributed by atoms with E-state index in [0.717, 1.165) is 0 Å². The molecule has 13 heavy (non-hydrogen) atoms. The van der Waals surface area contributed by atoms with Crippen LogP contribution in [0.15, 0.2) is 24.2 Å². The molecule has 1 aromatic carbocycles. The maximum atomic E-state index is 10.5. The third-order valence-corrected chi connectivity index (χ3v) is 1.49. The zero-order valence-corrected chi connectivity index (χ0v) is 7.15. The molecule has 0 aromatic heterocycles. The molecule has 1 atom stereocenters. The van der Waals surface area contributed by atoms with Gasteiger partial charge in [-0.2, -0.15) is 0 Å². The summed E-state index contributed by atoms with van der Waals surface area (Å²) in [4.78, 5) is 10.5. The van der Waals surface area contributed by atoms with Crippen LogP contribution in [0, 0.1) is 0 Å². The Morgan fingerprint density at radius 1 is 1.77 bits per heavy atom. The number of rotatable bonds is 3. The fraction of sp³-hybridized carbons (Fsp3) is 0.222. The number of carboxylic acid groups (broad SMARTS) is 1. The zero-order valence-electron chi connectivity index (χ0n) is 8.15. The molecule has 0 saturated carbocycles. The number of hydrogen-bond acceptors (Lipinski definition) is 2. The van der Waals surface area contributed by atoms with Crippen LogP contribution in [-0.4, -0.2) is 25.0 Å². The highest BCUT2D eigenvalue weighted by Gasteiger charge is 2.12. The van der Waals surface area contributed by atoms with Gasteiger partial charge < -0.3 is 9.84 Å². The Bertz CT molecular complexity index is 334. The Labute approximate surface area is 79.2 Å². The largest absolute Gasteiger partial charge is 0.480 e. The van der Waals surface area contributed by atoms with Gasteiger partial charge >= 0.3 is 5.97 Å². The number of carboxylic acids is 1. The monoisotopic (exact) mass is 177 g/mol. The van der Waals surface area contributed by atoms with Gasteiger partial charge in [0.1, 0.15) is 13.6 Å². The van der Waals surface area contributed by atoms with Gasteiger partial charge in [-0.3, -0.25) is 0 Å². The third-order valence-electron chi connectivity index (χ3n) is 1.49. The molecule has 0 heterocycles. The molecule has 0 aliphatic rings. The van der Waals surface area contributed by atoms with Crippen LogP contribution in [0.25, 0.3) is 0 Å². The van der Waals surface area contributed by atoms with Crippen LogP contribution in [0.5, 0.6) is 5.75 Å². The maximum Gasteiger partial charge on any atom is 0.344 e. The van der Waals surface area contributed by atoms with Crippen LogP contribution in [-0.2, 0) is 4.79 Å². The van der Waals surface area contributed by atoms with Gasteiger partial charge in [-0.25, -0.2) is 4.79 Å². The van der Waals surface area contributed by atoms with E-state index < -0.39 is 12.1 Å². The fourth-order valence-electron chi connectivity index (χ4n) is 0.764. The standard InChI is InChI=1S/C9H9BO3/c1-6(9(11)12)13-8-5-3-2-4-7(8)10/h2-6H,1H3,(H,11,12)/i5D. The molecule has 4 heteroatoms. The SMILES string of the molecule is [2H]c1cccc([B])c1OC(C)C(=O)O. The van der Waals surface area contributed by atoms with E-state index in [4.69, 9.17) is 19.1 Å². The molecule has 0 aliphatic heterocycles. The van der Waals surface area contributed by atoms with Crippen LogP contribution in [0.1, 0.15) is 8.29 Å². The van der Waals surface area contributed by atoms with E-state index in [0.29, 0.717) is 0 Å². The van der Waals surface area contributed by atoms with Gasteiger partial charge in [0.05, 0.1) is 1.37 Å². The average Bonchev–Trinajstić information content (AvgIpc) is 2.11. The molecule has 0 spiro atoms. The maximum absolute atomic E-state index is 10.5. The predicted molar refractivity (Wildman–Crippen MR) is 49.6 cm³/mol. The molecule has 1 rings (SSSR count). The second-order valence-electron chi connectivity index (χ2n) is 2.55. The first-order valence-corrected chi connectivity index (χ1v) is 3.77. The molecular weight excluding hydrogens is 167 g/mol. The molecule has 0 fully saturated rings. The van der Waals surface area contributed by atoms with Gasteiger partial charge in [0, 0.05) is 0 Å². The van der Waals surface area contributed by atoms with Gasteiger partial charge in [0.15, 0.2) is 6.10 Å². The van der Waals surface area contributed by atoms with Crippen molar-refractivity contribution in [3.05, 3.63) is 24.2 Å². The van der Waals surface area contributed by atoms with Crippen molar-refractivity contribution >= 4 is 19.3 Å². The van der Waals surface area contributed by atoms with Crippen LogP contribution < -0.4 is 10.2 Å². The predicted octanol–water partition coefficient (Wildman–Crippen LogP) is 0.332. The molecule has 1 N–H and O–H groups in total.